The van der Waals surface area contributed by atoms with Crippen LogP contribution in [0.2, 0.25) is 0 Å². The van der Waals surface area contributed by atoms with Crippen molar-refractivity contribution in [3.8, 4) is 0 Å². The highest BCUT2D eigenvalue weighted by Crippen LogP contribution is 2.14. The lowest BCUT2D eigenvalue weighted by Gasteiger charge is -2.13. The van der Waals surface area contributed by atoms with Crippen LogP contribution < -0.4 is 15.4 Å². The zero-order valence-corrected chi connectivity index (χ0v) is 21.1. The third-order valence-corrected chi connectivity index (χ3v) is 6.46. The number of aliphatic imine (C=N–C) groups is 1. The van der Waals surface area contributed by atoms with E-state index in [4.69, 9.17) is 4.74 Å². The minimum Gasteiger partial charge on any atom is -0.377 e. The average molecular weight is 558 g/mol. The van der Waals surface area contributed by atoms with E-state index in [1.165, 1.54) is 11.1 Å². The maximum Gasteiger partial charge on any atom is 0.240 e. The largest absolute Gasteiger partial charge is 0.377 e. The first-order valence-electron chi connectivity index (χ1n) is 10.2. The number of nitrogens with zero attached hydrogens (tertiary/aromatic N) is 1. The maximum atomic E-state index is 12.4. The van der Waals surface area contributed by atoms with E-state index < -0.39 is 10.0 Å². The van der Waals surface area contributed by atoms with Gasteiger partial charge in [-0.25, -0.2) is 13.1 Å². The summed E-state index contributed by atoms with van der Waals surface area (Å²) in [6.45, 7) is 4.30. The standard InChI is InChI=1S/C22H30N4O3S.HI/c1-17-5-7-18(8-6-17)14-24-22(23-2)25-15-19-9-11-21(12-10-19)30(27,28)26-16-20-4-3-13-29-20;/h5-12,20,26H,3-4,13-16H2,1-2H3,(H2,23,24,25);1H. The van der Waals surface area contributed by atoms with Gasteiger partial charge in [-0.3, -0.25) is 4.99 Å². The molecule has 2 aromatic rings. The first-order valence-corrected chi connectivity index (χ1v) is 11.6. The van der Waals surface area contributed by atoms with Gasteiger partial charge >= 0.3 is 0 Å². The van der Waals surface area contributed by atoms with Crippen molar-refractivity contribution in [2.45, 2.75) is 43.9 Å². The van der Waals surface area contributed by atoms with Gasteiger partial charge in [0.15, 0.2) is 5.96 Å². The van der Waals surface area contributed by atoms with Gasteiger partial charge in [-0.1, -0.05) is 42.0 Å². The van der Waals surface area contributed by atoms with Gasteiger partial charge in [0.1, 0.15) is 0 Å². The quantitative estimate of drug-likeness (QED) is 0.264. The molecular weight excluding hydrogens is 527 g/mol. The van der Waals surface area contributed by atoms with Crippen molar-refractivity contribution in [1.29, 1.82) is 0 Å². The fourth-order valence-corrected chi connectivity index (χ4v) is 4.24. The van der Waals surface area contributed by atoms with Gasteiger partial charge in [-0.15, -0.1) is 24.0 Å². The zero-order valence-electron chi connectivity index (χ0n) is 17.9. The molecule has 3 rings (SSSR count). The minimum absolute atomic E-state index is 0. The molecule has 1 atom stereocenters. The molecule has 0 saturated carbocycles. The Hall–Kier alpha value is -1.69. The van der Waals surface area contributed by atoms with Gasteiger partial charge in [0.25, 0.3) is 0 Å². The summed E-state index contributed by atoms with van der Waals surface area (Å²) in [5.41, 5.74) is 3.37. The summed E-state index contributed by atoms with van der Waals surface area (Å²) < 4.78 is 33.0. The summed E-state index contributed by atoms with van der Waals surface area (Å²) in [7, 11) is -1.81. The van der Waals surface area contributed by atoms with E-state index in [1.54, 1.807) is 31.3 Å². The van der Waals surface area contributed by atoms with Crippen molar-refractivity contribution >= 4 is 40.0 Å². The van der Waals surface area contributed by atoms with Gasteiger partial charge in [-0.2, -0.15) is 0 Å². The molecule has 2 aromatic carbocycles. The number of sulfonamides is 1. The van der Waals surface area contributed by atoms with E-state index >= 15 is 0 Å². The maximum absolute atomic E-state index is 12.4. The molecule has 1 heterocycles. The normalized spacial score (nSPS) is 16.6. The number of ether oxygens (including phenoxy) is 1. The third-order valence-electron chi connectivity index (χ3n) is 5.02. The van der Waals surface area contributed by atoms with E-state index in [9.17, 15) is 8.42 Å². The number of rotatable bonds is 8. The summed E-state index contributed by atoms with van der Waals surface area (Å²) in [6, 6.07) is 15.2. The van der Waals surface area contributed by atoms with Crippen molar-refractivity contribution in [3.05, 3.63) is 65.2 Å². The van der Waals surface area contributed by atoms with Crippen LogP contribution in [0.15, 0.2) is 58.4 Å². The Labute approximate surface area is 202 Å². The molecule has 1 saturated heterocycles. The lowest BCUT2D eigenvalue weighted by molar-refractivity contribution is 0.114. The van der Waals surface area contributed by atoms with Crippen LogP contribution in [0, 0.1) is 6.92 Å². The molecule has 1 unspecified atom stereocenters. The van der Waals surface area contributed by atoms with Crippen molar-refractivity contribution in [3.63, 3.8) is 0 Å². The molecule has 0 spiro atoms. The molecular formula is C22H31IN4O3S. The topological polar surface area (TPSA) is 91.8 Å². The van der Waals surface area contributed by atoms with Crippen LogP contribution in [0.3, 0.4) is 0 Å². The van der Waals surface area contributed by atoms with Crippen molar-refractivity contribution in [1.82, 2.24) is 15.4 Å². The number of benzene rings is 2. The Kier molecular flexibility index (Phi) is 10.2. The molecule has 31 heavy (non-hydrogen) atoms. The van der Waals surface area contributed by atoms with Crippen LogP contribution in [-0.2, 0) is 27.8 Å². The molecule has 1 fully saturated rings. The van der Waals surface area contributed by atoms with Gasteiger partial charge in [-0.05, 0) is 43.0 Å². The smallest absolute Gasteiger partial charge is 0.240 e. The van der Waals surface area contributed by atoms with Gasteiger partial charge in [0.05, 0.1) is 11.0 Å². The molecule has 3 N–H and O–H groups in total. The monoisotopic (exact) mass is 558 g/mol. The predicted octanol–water partition coefficient (Wildman–Crippen LogP) is 2.94. The number of hydrogen-bond donors (Lipinski definition) is 3. The first kappa shape index (κ1) is 25.6. The minimum atomic E-state index is -3.53. The van der Waals surface area contributed by atoms with Crippen LogP contribution in [0.4, 0.5) is 0 Å². The number of halogens is 1. The molecule has 170 valence electrons. The van der Waals surface area contributed by atoms with Gasteiger partial charge in [0, 0.05) is 33.3 Å². The second-order valence-corrected chi connectivity index (χ2v) is 9.16. The lowest BCUT2D eigenvalue weighted by Crippen LogP contribution is -2.36. The molecule has 7 nitrogen and oxygen atoms in total. The zero-order chi connectivity index (χ0) is 21.4. The summed E-state index contributed by atoms with van der Waals surface area (Å²) >= 11 is 0. The van der Waals surface area contributed by atoms with Crippen LogP contribution >= 0.6 is 24.0 Å². The van der Waals surface area contributed by atoms with E-state index in [0.29, 0.717) is 32.2 Å². The molecule has 0 bridgehead atoms. The number of nitrogens with one attached hydrogen (secondary N) is 3. The second kappa shape index (κ2) is 12.4. The summed E-state index contributed by atoms with van der Waals surface area (Å²) in [5, 5.41) is 6.52. The Balaban J connectivity index is 0.00000341. The lowest BCUT2D eigenvalue weighted by atomic mass is 10.1. The molecule has 0 aliphatic carbocycles. The van der Waals surface area contributed by atoms with Crippen LogP contribution in [0.25, 0.3) is 0 Å². The van der Waals surface area contributed by atoms with E-state index in [-0.39, 0.29) is 35.0 Å². The van der Waals surface area contributed by atoms with Crippen molar-refractivity contribution in [2.75, 3.05) is 20.2 Å². The molecule has 0 radical (unpaired) electrons. The Morgan fingerprint density at radius 2 is 1.61 bits per heavy atom. The predicted molar refractivity (Wildman–Crippen MR) is 134 cm³/mol. The van der Waals surface area contributed by atoms with Crippen molar-refractivity contribution < 1.29 is 13.2 Å². The van der Waals surface area contributed by atoms with Gasteiger partial charge < -0.3 is 15.4 Å². The second-order valence-electron chi connectivity index (χ2n) is 7.40. The van der Waals surface area contributed by atoms with E-state index in [0.717, 1.165) is 18.4 Å². The Morgan fingerprint density at radius 1 is 1.03 bits per heavy atom. The number of guanidine groups is 1. The summed E-state index contributed by atoms with van der Waals surface area (Å²) in [6.07, 6.45) is 1.85. The molecule has 1 aliphatic rings. The fourth-order valence-electron chi connectivity index (χ4n) is 3.18. The van der Waals surface area contributed by atoms with E-state index in [2.05, 4.69) is 51.5 Å². The first-order chi connectivity index (χ1) is 14.5. The van der Waals surface area contributed by atoms with Crippen LogP contribution in [0.1, 0.15) is 29.5 Å². The molecule has 9 heteroatoms. The number of hydrogen-bond acceptors (Lipinski definition) is 4. The van der Waals surface area contributed by atoms with Crippen LogP contribution in [-0.4, -0.2) is 40.7 Å². The highest BCUT2D eigenvalue weighted by Gasteiger charge is 2.20. The summed E-state index contributed by atoms with van der Waals surface area (Å²) in [4.78, 5) is 4.49. The Morgan fingerprint density at radius 3 is 2.13 bits per heavy atom. The number of aryl methyl sites for hydroxylation is 1. The van der Waals surface area contributed by atoms with Crippen LogP contribution in [0.5, 0.6) is 0 Å². The van der Waals surface area contributed by atoms with Gasteiger partial charge in [0.2, 0.25) is 10.0 Å². The highest BCUT2D eigenvalue weighted by molar-refractivity contribution is 14.0. The average Bonchev–Trinajstić information content (AvgIpc) is 3.28. The molecule has 1 aliphatic heterocycles. The SMILES string of the molecule is CN=C(NCc1ccc(C)cc1)NCc1ccc(S(=O)(=O)NCC2CCCO2)cc1.I. The molecule has 0 amide bonds. The fraction of sp³-hybridized carbons (Fsp3) is 0.409. The van der Waals surface area contributed by atoms with Crippen molar-refractivity contribution in [2.24, 2.45) is 4.99 Å². The summed E-state index contributed by atoms with van der Waals surface area (Å²) in [5.74, 6) is 0.686. The third kappa shape index (κ3) is 8.06. The Bertz CT molecular complexity index is 942. The highest BCUT2D eigenvalue weighted by atomic mass is 127. The van der Waals surface area contributed by atoms with E-state index in [1.807, 2.05) is 0 Å². The molecule has 0 aromatic heterocycles.